The third-order valence-corrected chi connectivity index (χ3v) is 4.14. The molecule has 2 heteroatoms. The average Bonchev–Trinajstić information content (AvgIpc) is 2.91. The molecule has 0 unspecified atom stereocenters. The number of aliphatic imine (C=N–C) groups is 1. The highest BCUT2D eigenvalue weighted by Crippen LogP contribution is 2.46. The summed E-state index contributed by atoms with van der Waals surface area (Å²) in [6.07, 6.45) is 2.03. The fraction of sp³-hybridized carbons (Fsp3) is 0.0667. The topological polar surface area (TPSA) is 12.4 Å². The van der Waals surface area contributed by atoms with E-state index in [0.29, 0.717) is 0 Å². The van der Waals surface area contributed by atoms with Crippen LogP contribution >= 0.6 is 11.8 Å². The van der Waals surface area contributed by atoms with E-state index in [1.165, 1.54) is 11.1 Å². The number of hydrogen-bond acceptors (Lipinski definition) is 2. The van der Waals surface area contributed by atoms with Crippen LogP contribution in [-0.2, 0) is 4.75 Å². The van der Waals surface area contributed by atoms with E-state index in [1.54, 1.807) is 11.8 Å². The van der Waals surface area contributed by atoms with Crippen molar-refractivity contribution in [3.63, 3.8) is 0 Å². The summed E-state index contributed by atoms with van der Waals surface area (Å²) in [5.41, 5.74) is 2.54. The quantitative estimate of drug-likeness (QED) is 0.773. The second kappa shape index (κ2) is 4.38. The minimum atomic E-state index is -0.150. The molecule has 0 saturated carbocycles. The molecule has 0 saturated heterocycles. The first-order valence-electron chi connectivity index (χ1n) is 5.57. The van der Waals surface area contributed by atoms with E-state index >= 15 is 0 Å². The van der Waals surface area contributed by atoms with Gasteiger partial charge in [-0.3, -0.25) is 4.99 Å². The van der Waals surface area contributed by atoms with Gasteiger partial charge >= 0.3 is 0 Å². The summed E-state index contributed by atoms with van der Waals surface area (Å²) in [5.74, 6) is 1.92. The summed E-state index contributed by atoms with van der Waals surface area (Å²) in [6.45, 7) is 0. The van der Waals surface area contributed by atoms with Crippen molar-refractivity contribution in [2.24, 2.45) is 4.99 Å². The van der Waals surface area contributed by atoms with Crippen molar-refractivity contribution in [3.05, 3.63) is 77.7 Å². The van der Waals surface area contributed by atoms with Gasteiger partial charge < -0.3 is 0 Å². The number of hydrogen-bond donors (Lipinski definition) is 0. The highest BCUT2D eigenvalue weighted by Gasteiger charge is 2.35. The zero-order valence-corrected chi connectivity index (χ0v) is 10.1. The molecule has 2 aromatic rings. The van der Waals surface area contributed by atoms with E-state index < -0.39 is 0 Å². The molecule has 0 spiro atoms. The predicted octanol–water partition coefficient (Wildman–Crippen LogP) is 3.87. The second-order valence-corrected chi connectivity index (χ2v) is 5.06. The van der Waals surface area contributed by atoms with Gasteiger partial charge in [-0.1, -0.05) is 60.7 Å². The first-order chi connectivity index (χ1) is 8.42. The molecule has 0 bridgehead atoms. The normalized spacial score (nSPS) is 17.2. The molecule has 17 heavy (non-hydrogen) atoms. The Hall–Kier alpha value is -1.54. The average molecular weight is 238 g/mol. The van der Waals surface area contributed by atoms with Gasteiger partial charge in [0.1, 0.15) is 10.6 Å². The summed E-state index contributed by atoms with van der Waals surface area (Å²) in [6, 6.07) is 21.0. The summed E-state index contributed by atoms with van der Waals surface area (Å²) >= 11 is 1.75. The SMILES string of the molecule is [CH]1N=CC(c2ccccc2)(c2ccccc2)S1. The summed E-state index contributed by atoms with van der Waals surface area (Å²) < 4.78 is -0.150. The van der Waals surface area contributed by atoms with Crippen LogP contribution in [0.25, 0.3) is 0 Å². The largest absolute Gasteiger partial charge is 0.278 e. The molecule has 0 amide bonds. The molecule has 0 N–H and O–H groups in total. The van der Waals surface area contributed by atoms with Crippen LogP contribution in [0, 0.1) is 5.88 Å². The van der Waals surface area contributed by atoms with Gasteiger partial charge in [-0.15, -0.1) is 11.8 Å². The van der Waals surface area contributed by atoms with Gasteiger partial charge in [0.2, 0.25) is 0 Å². The van der Waals surface area contributed by atoms with E-state index in [4.69, 9.17) is 0 Å². The van der Waals surface area contributed by atoms with Gasteiger partial charge in [0.15, 0.2) is 0 Å². The van der Waals surface area contributed by atoms with Crippen molar-refractivity contribution in [1.82, 2.24) is 0 Å². The molecule has 0 fully saturated rings. The van der Waals surface area contributed by atoms with E-state index in [2.05, 4.69) is 53.5 Å². The number of thioether (sulfide) groups is 1. The Morgan fingerprint density at radius 3 is 1.71 bits per heavy atom. The van der Waals surface area contributed by atoms with Crippen molar-refractivity contribution in [2.45, 2.75) is 4.75 Å². The third-order valence-electron chi connectivity index (χ3n) is 2.96. The number of benzene rings is 2. The number of nitrogens with zero attached hydrogens (tertiary/aromatic N) is 1. The van der Waals surface area contributed by atoms with Gasteiger partial charge in [0.05, 0.1) is 0 Å². The van der Waals surface area contributed by atoms with E-state index in [0.717, 1.165) is 0 Å². The maximum absolute atomic E-state index is 4.30. The Balaban J connectivity index is 2.15. The fourth-order valence-corrected chi connectivity index (χ4v) is 3.06. The lowest BCUT2D eigenvalue weighted by Gasteiger charge is -2.26. The minimum Gasteiger partial charge on any atom is -0.278 e. The molecule has 0 aliphatic carbocycles. The summed E-state index contributed by atoms with van der Waals surface area (Å²) in [7, 11) is 0. The van der Waals surface area contributed by atoms with E-state index in [1.807, 2.05) is 24.2 Å². The van der Waals surface area contributed by atoms with Crippen LogP contribution in [0.1, 0.15) is 11.1 Å². The lowest BCUT2D eigenvalue weighted by molar-refractivity contribution is 1.03. The fourth-order valence-electron chi connectivity index (χ4n) is 2.10. The molecular formula is C15H12NS. The van der Waals surface area contributed by atoms with Crippen molar-refractivity contribution in [3.8, 4) is 0 Å². The van der Waals surface area contributed by atoms with E-state index in [-0.39, 0.29) is 4.75 Å². The molecule has 0 aromatic heterocycles. The lowest BCUT2D eigenvalue weighted by atomic mass is 9.91. The Morgan fingerprint density at radius 1 is 0.765 bits per heavy atom. The molecule has 83 valence electrons. The van der Waals surface area contributed by atoms with Crippen molar-refractivity contribution < 1.29 is 0 Å². The summed E-state index contributed by atoms with van der Waals surface area (Å²) in [4.78, 5) is 4.30. The van der Waals surface area contributed by atoms with Crippen LogP contribution in [-0.4, -0.2) is 6.21 Å². The van der Waals surface area contributed by atoms with Crippen LogP contribution < -0.4 is 0 Å². The molecule has 2 aromatic carbocycles. The Kier molecular flexibility index (Phi) is 2.73. The number of rotatable bonds is 2. The Morgan fingerprint density at radius 2 is 1.29 bits per heavy atom. The van der Waals surface area contributed by atoms with Crippen LogP contribution in [0.5, 0.6) is 0 Å². The van der Waals surface area contributed by atoms with Crippen LogP contribution in [0.4, 0.5) is 0 Å². The van der Waals surface area contributed by atoms with Gasteiger partial charge in [0.25, 0.3) is 0 Å². The minimum absolute atomic E-state index is 0.150. The monoisotopic (exact) mass is 238 g/mol. The molecule has 1 heterocycles. The maximum Gasteiger partial charge on any atom is 0.128 e. The van der Waals surface area contributed by atoms with Gasteiger partial charge in [-0.05, 0) is 11.1 Å². The zero-order valence-electron chi connectivity index (χ0n) is 9.28. The third kappa shape index (κ3) is 1.79. The van der Waals surface area contributed by atoms with Crippen LogP contribution in [0.15, 0.2) is 65.7 Å². The Labute approximate surface area is 106 Å². The van der Waals surface area contributed by atoms with E-state index in [9.17, 15) is 0 Å². The molecule has 1 radical (unpaired) electrons. The Bertz CT molecular complexity index is 480. The first kappa shape index (κ1) is 10.6. The maximum atomic E-state index is 4.30. The predicted molar refractivity (Wildman–Crippen MR) is 74.0 cm³/mol. The lowest BCUT2D eigenvalue weighted by Crippen LogP contribution is -2.22. The van der Waals surface area contributed by atoms with Crippen LogP contribution in [0.3, 0.4) is 0 Å². The highest BCUT2D eigenvalue weighted by molar-refractivity contribution is 8.03. The molecule has 0 atom stereocenters. The summed E-state index contributed by atoms with van der Waals surface area (Å²) in [5, 5.41) is 0. The smallest absolute Gasteiger partial charge is 0.128 e. The van der Waals surface area contributed by atoms with Crippen molar-refractivity contribution in [1.29, 1.82) is 0 Å². The van der Waals surface area contributed by atoms with Crippen molar-refractivity contribution in [2.75, 3.05) is 0 Å². The highest BCUT2D eigenvalue weighted by atomic mass is 32.2. The molecular weight excluding hydrogens is 226 g/mol. The van der Waals surface area contributed by atoms with Gasteiger partial charge in [0, 0.05) is 6.21 Å². The molecule has 1 nitrogen and oxygen atoms in total. The van der Waals surface area contributed by atoms with Crippen molar-refractivity contribution >= 4 is 18.0 Å². The molecule has 1 aliphatic rings. The zero-order chi connectivity index (χ0) is 11.6. The van der Waals surface area contributed by atoms with Crippen LogP contribution in [0.2, 0.25) is 0 Å². The molecule has 1 aliphatic heterocycles. The second-order valence-electron chi connectivity index (χ2n) is 3.97. The molecule has 3 rings (SSSR count). The first-order valence-corrected chi connectivity index (χ1v) is 6.45. The van der Waals surface area contributed by atoms with Gasteiger partial charge in [-0.25, -0.2) is 0 Å². The standard InChI is InChI=1S/C15H12NS/c1-3-7-13(8-4-1)15(11-16-12-17-15)14-9-5-2-6-10-14/h1-12H. The van der Waals surface area contributed by atoms with Gasteiger partial charge in [-0.2, -0.15) is 0 Å².